The molecule has 0 rings (SSSR count). The smallest absolute Gasteiger partial charge is 0.0629 e. The Balaban J connectivity index is 3.54. The predicted octanol–water partition coefficient (Wildman–Crippen LogP) is 1.84. The van der Waals surface area contributed by atoms with Crippen molar-refractivity contribution in [3.63, 3.8) is 0 Å². The van der Waals surface area contributed by atoms with E-state index in [9.17, 15) is 5.11 Å². The molecule has 0 bridgehead atoms. The molecular weight excluding hydrogens is 126 g/mol. The van der Waals surface area contributed by atoms with E-state index in [0.717, 1.165) is 12.8 Å². The van der Waals surface area contributed by atoms with Crippen molar-refractivity contribution in [2.45, 2.75) is 45.1 Å². The molecule has 2 heteroatoms. The van der Waals surface area contributed by atoms with E-state index in [4.69, 9.17) is 5.26 Å². The second-order valence-electron chi connectivity index (χ2n) is 2.91. The third kappa shape index (κ3) is 4.34. The zero-order valence-corrected chi connectivity index (χ0v) is 6.72. The number of nitriles is 1. The first-order chi connectivity index (χ1) is 4.62. The van der Waals surface area contributed by atoms with Gasteiger partial charge in [0.25, 0.3) is 0 Å². The average molecular weight is 141 g/mol. The van der Waals surface area contributed by atoms with Gasteiger partial charge in [0.15, 0.2) is 0 Å². The molecule has 1 atom stereocenters. The van der Waals surface area contributed by atoms with Gasteiger partial charge in [-0.3, -0.25) is 0 Å². The summed E-state index contributed by atoms with van der Waals surface area (Å²) in [5.74, 6) is 0. The number of hydrogen-bond acceptors (Lipinski definition) is 2. The molecular formula is C8H15NO. The Labute approximate surface area is 62.5 Å². The first kappa shape index (κ1) is 9.45. The molecule has 0 aromatic rings. The highest BCUT2D eigenvalue weighted by molar-refractivity contribution is 4.79. The van der Waals surface area contributed by atoms with E-state index < -0.39 is 5.60 Å². The van der Waals surface area contributed by atoms with Gasteiger partial charge in [0.2, 0.25) is 0 Å². The standard InChI is InChI=1S/C8H15NO/c1-3-5-8(2,10)6-4-7-9/h10H,3-6H2,1-2H3. The van der Waals surface area contributed by atoms with Crippen LogP contribution in [0.1, 0.15) is 39.5 Å². The van der Waals surface area contributed by atoms with Crippen LogP contribution < -0.4 is 0 Å². The molecule has 0 fully saturated rings. The molecule has 0 heterocycles. The summed E-state index contributed by atoms with van der Waals surface area (Å²) in [7, 11) is 0. The molecule has 0 spiro atoms. The highest BCUT2D eigenvalue weighted by atomic mass is 16.3. The molecule has 0 amide bonds. The normalized spacial score (nSPS) is 15.8. The van der Waals surface area contributed by atoms with E-state index in [1.165, 1.54) is 0 Å². The van der Waals surface area contributed by atoms with Crippen LogP contribution in [0.3, 0.4) is 0 Å². The minimum absolute atomic E-state index is 0.451. The molecule has 0 aromatic carbocycles. The lowest BCUT2D eigenvalue weighted by molar-refractivity contribution is 0.0427. The molecule has 0 saturated heterocycles. The summed E-state index contributed by atoms with van der Waals surface area (Å²) < 4.78 is 0. The first-order valence-corrected chi connectivity index (χ1v) is 3.71. The molecule has 0 saturated carbocycles. The topological polar surface area (TPSA) is 44.0 Å². The highest BCUT2D eigenvalue weighted by Gasteiger charge is 2.17. The van der Waals surface area contributed by atoms with E-state index in [1.807, 2.05) is 13.0 Å². The molecule has 10 heavy (non-hydrogen) atoms. The van der Waals surface area contributed by atoms with Crippen molar-refractivity contribution in [1.29, 1.82) is 5.26 Å². The van der Waals surface area contributed by atoms with Crippen LogP contribution >= 0.6 is 0 Å². The van der Waals surface area contributed by atoms with Gasteiger partial charge < -0.3 is 5.11 Å². The predicted molar refractivity (Wildman–Crippen MR) is 40.4 cm³/mol. The van der Waals surface area contributed by atoms with Crippen molar-refractivity contribution in [3.05, 3.63) is 0 Å². The van der Waals surface area contributed by atoms with Crippen molar-refractivity contribution < 1.29 is 5.11 Å². The minimum atomic E-state index is -0.621. The number of aliphatic hydroxyl groups is 1. The average Bonchev–Trinajstić information content (AvgIpc) is 1.84. The molecule has 1 unspecified atom stereocenters. The van der Waals surface area contributed by atoms with Crippen molar-refractivity contribution >= 4 is 0 Å². The summed E-state index contributed by atoms with van der Waals surface area (Å²) in [4.78, 5) is 0. The highest BCUT2D eigenvalue weighted by Crippen LogP contribution is 2.17. The zero-order valence-electron chi connectivity index (χ0n) is 6.72. The van der Waals surface area contributed by atoms with Gasteiger partial charge in [-0.05, 0) is 19.8 Å². The second-order valence-corrected chi connectivity index (χ2v) is 2.91. The van der Waals surface area contributed by atoms with E-state index in [0.29, 0.717) is 12.8 Å². The third-order valence-electron chi connectivity index (χ3n) is 1.56. The first-order valence-electron chi connectivity index (χ1n) is 3.71. The van der Waals surface area contributed by atoms with Crippen LogP contribution in [0, 0.1) is 11.3 Å². The van der Waals surface area contributed by atoms with Gasteiger partial charge in [-0.25, -0.2) is 0 Å². The van der Waals surface area contributed by atoms with Crippen LogP contribution in [0.4, 0.5) is 0 Å². The molecule has 58 valence electrons. The summed E-state index contributed by atoms with van der Waals surface area (Å²) in [6, 6.07) is 2.02. The summed E-state index contributed by atoms with van der Waals surface area (Å²) in [6.45, 7) is 3.81. The van der Waals surface area contributed by atoms with E-state index in [-0.39, 0.29) is 0 Å². The fraction of sp³-hybridized carbons (Fsp3) is 0.875. The van der Waals surface area contributed by atoms with Gasteiger partial charge in [-0.1, -0.05) is 13.3 Å². The van der Waals surface area contributed by atoms with Crippen LogP contribution in [0.25, 0.3) is 0 Å². The fourth-order valence-corrected chi connectivity index (χ4v) is 0.989. The fourth-order valence-electron chi connectivity index (χ4n) is 0.989. The third-order valence-corrected chi connectivity index (χ3v) is 1.56. The van der Waals surface area contributed by atoms with Gasteiger partial charge >= 0.3 is 0 Å². The van der Waals surface area contributed by atoms with Crippen LogP contribution in [-0.4, -0.2) is 10.7 Å². The summed E-state index contributed by atoms with van der Waals surface area (Å²) in [5, 5.41) is 17.7. The Hall–Kier alpha value is -0.550. The maximum atomic E-state index is 9.49. The van der Waals surface area contributed by atoms with Crippen LogP contribution in [0.2, 0.25) is 0 Å². The van der Waals surface area contributed by atoms with Crippen LogP contribution in [0.5, 0.6) is 0 Å². The van der Waals surface area contributed by atoms with Crippen molar-refractivity contribution in [2.24, 2.45) is 0 Å². The Morgan fingerprint density at radius 1 is 1.50 bits per heavy atom. The molecule has 0 aliphatic rings. The molecule has 0 aromatic heterocycles. The van der Waals surface area contributed by atoms with E-state index >= 15 is 0 Å². The zero-order chi connectivity index (χ0) is 8.04. The minimum Gasteiger partial charge on any atom is -0.390 e. The number of rotatable bonds is 4. The van der Waals surface area contributed by atoms with E-state index in [1.54, 1.807) is 6.92 Å². The maximum absolute atomic E-state index is 9.49. The van der Waals surface area contributed by atoms with E-state index in [2.05, 4.69) is 0 Å². The quantitative estimate of drug-likeness (QED) is 0.649. The molecule has 1 N–H and O–H groups in total. The summed E-state index contributed by atoms with van der Waals surface area (Å²) >= 11 is 0. The van der Waals surface area contributed by atoms with Crippen molar-refractivity contribution in [1.82, 2.24) is 0 Å². The van der Waals surface area contributed by atoms with Crippen molar-refractivity contribution in [3.8, 4) is 6.07 Å². The molecule has 2 nitrogen and oxygen atoms in total. The summed E-state index contributed by atoms with van der Waals surface area (Å²) in [6.07, 6.45) is 2.80. The maximum Gasteiger partial charge on any atom is 0.0629 e. The number of hydrogen-bond donors (Lipinski definition) is 1. The van der Waals surface area contributed by atoms with Gasteiger partial charge in [-0.2, -0.15) is 5.26 Å². The molecule has 0 aliphatic heterocycles. The molecule has 0 aliphatic carbocycles. The Kier molecular flexibility index (Phi) is 4.06. The lowest BCUT2D eigenvalue weighted by atomic mass is 9.95. The summed E-state index contributed by atoms with van der Waals surface area (Å²) in [5.41, 5.74) is -0.621. The largest absolute Gasteiger partial charge is 0.390 e. The van der Waals surface area contributed by atoms with Gasteiger partial charge in [-0.15, -0.1) is 0 Å². The van der Waals surface area contributed by atoms with Gasteiger partial charge in [0.05, 0.1) is 11.7 Å². The lowest BCUT2D eigenvalue weighted by Crippen LogP contribution is -2.22. The van der Waals surface area contributed by atoms with Crippen LogP contribution in [-0.2, 0) is 0 Å². The Morgan fingerprint density at radius 2 is 2.10 bits per heavy atom. The second kappa shape index (κ2) is 4.29. The SMILES string of the molecule is CCCC(C)(O)CCC#N. The lowest BCUT2D eigenvalue weighted by Gasteiger charge is -2.20. The van der Waals surface area contributed by atoms with Gasteiger partial charge in [0.1, 0.15) is 0 Å². The monoisotopic (exact) mass is 141 g/mol. The van der Waals surface area contributed by atoms with Gasteiger partial charge in [0, 0.05) is 6.42 Å². The van der Waals surface area contributed by atoms with Crippen LogP contribution in [0.15, 0.2) is 0 Å². The molecule has 0 radical (unpaired) electrons. The van der Waals surface area contributed by atoms with Crippen molar-refractivity contribution in [2.75, 3.05) is 0 Å². The Bertz CT molecular complexity index is 124. The number of nitrogens with zero attached hydrogens (tertiary/aromatic N) is 1. The Morgan fingerprint density at radius 3 is 2.50 bits per heavy atom.